The zero-order valence-electron chi connectivity index (χ0n) is 15.8. The standard InChI is InChI=1S/C19H24FN3O4/c1-4-26-19(24)23-9-7-22(8-10-23)12-17-13(2)27-18(21-17)15-11-14(25-3)5-6-16(15)20/h5-6,11H,4,7-10,12H2,1-3H3. The maximum Gasteiger partial charge on any atom is 0.409 e. The van der Waals surface area contributed by atoms with E-state index in [1.807, 2.05) is 6.92 Å². The maximum absolute atomic E-state index is 14.2. The number of nitrogens with zero attached hydrogens (tertiary/aromatic N) is 3. The van der Waals surface area contributed by atoms with Crippen LogP contribution in [0.2, 0.25) is 0 Å². The molecule has 0 saturated carbocycles. The molecule has 1 aliphatic rings. The number of oxazole rings is 1. The fourth-order valence-corrected chi connectivity index (χ4v) is 3.00. The van der Waals surface area contributed by atoms with Gasteiger partial charge in [-0.3, -0.25) is 4.90 Å². The van der Waals surface area contributed by atoms with Crippen LogP contribution in [-0.2, 0) is 11.3 Å². The predicted molar refractivity (Wildman–Crippen MR) is 97.1 cm³/mol. The number of halogens is 1. The van der Waals surface area contributed by atoms with E-state index in [1.165, 1.54) is 13.2 Å². The van der Waals surface area contributed by atoms with E-state index >= 15 is 0 Å². The zero-order valence-corrected chi connectivity index (χ0v) is 15.8. The topological polar surface area (TPSA) is 68.0 Å². The van der Waals surface area contributed by atoms with Gasteiger partial charge in [0.05, 0.1) is 25.0 Å². The number of benzene rings is 1. The molecule has 1 aliphatic heterocycles. The van der Waals surface area contributed by atoms with Crippen LogP contribution in [0.1, 0.15) is 18.4 Å². The normalized spacial score (nSPS) is 15.0. The minimum atomic E-state index is -0.411. The number of hydrogen-bond donors (Lipinski definition) is 0. The SMILES string of the molecule is CCOC(=O)N1CCN(Cc2nc(-c3cc(OC)ccc3F)oc2C)CC1. The number of ether oxygens (including phenoxy) is 2. The Morgan fingerprint density at radius 3 is 2.70 bits per heavy atom. The van der Waals surface area contributed by atoms with Gasteiger partial charge in [0.2, 0.25) is 5.89 Å². The first-order valence-electron chi connectivity index (χ1n) is 8.96. The number of methoxy groups -OCH3 is 1. The van der Waals surface area contributed by atoms with Crippen LogP contribution in [0.15, 0.2) is 22.6 Å². The molecule has 3 rings (SSSR count). The van der Waals surface area contributed by atoms with Gasteiger partial charge in [0.1, 0.15) is 17.3 Å². The lowest BCUT2D eigenvalue weighted by Gasteiger charge is -2.33. The van der Waals surface area contributed by atoms with Gasteiger partial charge >= 0.3 is 6.09 Å². The number of aromatic nitrogens is 1. The predicted octanol–water partition coefficient (Wildman–Crippen LogP) is 3.07. The van der Waals surface area contributed by atoms with Crippen molar-refractivity contribution in [3.8, 4) is 17.2 Å². The lowest BCUT2D eigenvalue weighted by Crippen LogP contribution is -2.48. The third-order valence-corrected chi connectivity index (χ3v) is 4.57. The number of piperazine rings is 1. The number of rotatable bonds is 5. The van der Waals surface area contributed by atoms with E-state index in [0.717, 1.165) is 5.69 Å². The maximum atomic E-state index is 14.2. The van der Waals surface area contributed by atoms with E-state index in [2.05, 4.69) is 9.88 Å². The molecule has 0 bridgehead atoms. The van der Waals surface area contributed by atoms with Gasteiger partial charge in [0.15, 0.2) is 0 Å². The first-order chi connectivity index (χ1) is 13.0. The molecule has 0 unspecified atom stereocenters. The second-order valence-corrected chi connectivity index (χ2v) is 6.33. The summed E-state index contributed by atoms with van der Waals surface area (Å²) in [6.07, 6.45) is -0.273. The molecule has 0 atom stereocenters. The minimum Gasteiger partial charge on any atom is -0.497 e. The summed E-state index contributed by atoms with van der Waals surface area (Å²) in [5.41, 5.74) is 1.03. The molecule has 7 nitrogen and oxygen atoms in total. The molecule has 1 aromatic carbocycles. The molecule has 1 amide bonds. The molecule has 0 aliphatic carbocycles. The highest BCUT2D eigenvalue weighted by atomic mass is 19.1. The van der Waals surface area contributed by atoms with Gasteiger partial charge in [0.25, 0.3) is 0 Å². The minimum absolute atomic E-state index is 0.240. The molecule has 2 heterocycles. The van der Waals surface area contributed by atoms with Crippen molar-refractivity contribution in [2.24, 2.45) is 0 Å². The first-order valence-corrected chi connectivity index (χ1v) is 8.96. The highest BCUT2D eigenvalue weighted by molar-refractivity contribution is 5.67. The molecule has 0 radical (unpaired) electrons. The number of carbonyl (C=O) groups excluding carboxylic acids is 1. The molecule has 0 N–H and O–H groups in total. The van der Waals surface area contributed by atoms with Crippen LogP contribution in [0, 0.1) is 12.7 Å². The second kappa shape index (κ2) is 8.39. The van der Waals surface area contributed by atoms with Crippen molar-refractivity contribution in [2.45, 2.75) is 20.4 Å². The Balaban J connectivity index is 1.67. The third-order valence-electron chi connectivity index (χ3n) is 4.57. The summed E-state index contributed by atoms with van der Waals surface area (Å²) in [6.45, 7) is 7.21. The molecule has 1 fully saturated rings. The van der Waals surface area contributed by atoms with Crippen molar-refractivity contribution < 1.29 is 23.1 Å². The smallest absolute Gasteiger partial charge is 0.409 e. The van der Waals surface area contributed by atoms with E-state index in [0.29, 0.717) is 50.8 Å². The molecule has 27 heavy (non-hydrogen) atoms. The van der Waals surface area contributed by atoms with Gasteiger partial charge in [-0.2, -0.15) is 0 Å². The summed E-state index contributed by atoms with van der Waals surface area (Å²) in [7, 11) is 1.53. The van der Waals surface area contributed by atoms with Crippen molar-refractivity contribution in [2.75, 3.05) is 39.9 Å². The van der Waals surface area contributed by atoms with Crippen LogP contribution in [0.3, 0.4) is 0 Å². The summed E-state index contributed by atoms with van der Waals surface area (Å²) in [5.74, 6) is 1.02. The van der Waals surface area contributed by atoms with Crippen molar-refractivity contribution in [3.05, 3.63) is 35.5 Å². The van der Waals surface area contributed by atoms with Crippen LogP contribution in [0.5, 0.6) is 5.75 Å². The second-order valence-electron chi connectivity index (χ2n) is 6.33. The number of hydrogen-bond acceptors (Lipinski definition) is 6. The summed E-state index contributed by atoms with van der Waals surface area (Å²) in [4.78, 5) is 20.1. The summed E-state index contributed by atoms with van der Waals surface area (Å²) in [5, 5.41) is 0. The van der Waals surface area contributed by atoms with Crippen molar-refractivity contribution in [1.29, 1.82) is 0 Å². The van der Waals surface area contributed by atoms with Crippen LogP contribution in [0.4, 0.5) is 9.18 Å². The van der Waals surface area contributed by atoms with Crippen molar-refractivity contribution >= 4 is 6.09 Å². The molecule has 8 heteroatoms. The van der Waals surface area contributed by atoms with Crippen LogP contribution in [0.25, 0.3) is 11.5 Å². The highest BCUT2D eigenvalue weighted by Gasteiger charge is 2.24. The monoisotopic (exact) mass is 377 g/mol. The van der Waals surface area contributed by atoms with Gasteiger partial charge in [-0.25, -0.2) is 14.2 Å². The van der Waals surface area contributed by atoms with Crippen LogP contribution < -0.4 is 4.74 Å². The largest absolute Gasteiger partial charge is 0.497 e. The van der Waals surface area contributed by atoms with Crippen molar-refractivity contribution in [3.63, 3.8) is 0 Å². The summed E-state index contributed by atoms with van der Waals surface area (Å²) < 4.78 is 30.0. The highest BCUT2D eigenvalue weighted by Crippen LogP contribution is 2.28. The van der Waals surface area contributed by atoms with Gasteiger partial charge < -0.3 is 18.8 Å². The zero-order chi connectivity index (χ0) is 19.4. The van der Waals surface area contributed by atoms with E-state index in [1.54, 1.807) is 24.0 Å². The molecule has 0 spiro atoms. The van der Waals surface area contributed by atoms with Gasteiger partial charge in [-0.15, -0.1) is 0 Å². The average Bonchev–Trinajstić information content (AvgIpc) is 3.03. The fourth-order valence-electron chi connectivity index (χ4n) is 3.00. The average molecular weight is 377 g/mol. The summed E-state index contributed by atoms with van der Waals surface area (Å²) >= 11 is 0. The first kappa shape index (κ1) is 19.2. The third kappa shape index (κ3) is 4.39. The Bertz CT molecular complexity index is 800. The molecular weight excluding hydrogens is 353 g/mol. The number of aryl methyl sites for hydroxylation is 1. The Morgan fingerprint density at radius 2 is 2.04 bits per heavy atom. The van der Waals surface area contributed by atoms with Gasteiger partial charge in [-0.1, -0.05) is 0 Å². The van der Waals surface area contributed by atoms with Crippen molar-refractivity contribution in [1.82, 2.24) is 14.8 Å². The number of carbonyl (C=O) groups is 1. The fraction of sp³-hybridized carbons (Fsp3) is 0.474. The quantitative estimate of drug-likeness (QED) is 0.798. The van der Waals surface area contributed by atoms with E-state index in [9.17, 15) is 9.18 Å². The molecule has 146 valence electrons. The van der Waals surface area contributed by atoms with E-state index < -0.39 is 5.82 Å². The van der Waals surface area contributed by atoms with E-state index in [-0.39, 0.29) is 17.5 Å². The lowest BCUT2D eigenvalue weighted by molar-refractivity contribution is 0.0774. The Morgan fingerprint density at radius 1 is 1.30 bits per heavy atom. The Labute approximate surface area is 157 Å². The molecule has 1 saturated heterocycles. The van der Waals surface area contributed by atoms with Crippen LogP contribution >= 0.6 is 0 Å². The Kier molecular flexibility index (Phi) is 5.95. The molecule has 1 aromatic heterocycles. The lowest BCUT2D eigenvalue weighted by atomic mass is 10.2. The summed E-state index contributed by atoms with van der Waals surface area (Å²) in [6, 6.07) is 4.46. The van der Waals surface area contributed by atoms with Gasteiger partial charge in [-0.05, 0) is 32.0 Å². The van der Waals surface area contributed by atoms with E-state index in [4.69, 9.17) is 13.9 Å². The van der Waals surface area contributed by atoms with Gasteiger partial charge in [0, 0.05) is 32.7 Å². The van der Waals surface area contributed by atoms with Crippen LogP contribution in [-0.4, -0.2) is 60.8 Å². The molecular formula is C19H24FN3O4. The Hall–Kier alpha value is -2.61. The molecule has 2 aromatic rings. The number of amides is 1.